The lowest BCUT2D eigenvalue weighted by Crippen LogP contribution is -2.23. The molecule has 0 aliphatic carbocycles. The Kier molecular flexibility index (Phi) is 7.24. The summed E-state index contributed by atoms with van der Waals surface area (Å²) in [5.74, 6) is 1.69. The average molecular weight is 330 g/mol. The minimum atomic E-state index is 0.560. The quantitative estimate of drug-likeness (QED) is 0.736. The third-order valence-electron chi connectivity index (χ3n) is 2.99. The molecule has 0 unspecified atom stereocenters. The zero-order valence-corrected chi connectivity index (χ0v) is 13.8. The summed E-state index contributed by atoms with van der Waals surface area (Å²) >= 11 is 3.53. The number of ether oxygens (including phenoxy) is 2. The highest BCUT2D eigenvalue weighted by molar-refractivity contribution is 9.10. The van der Waals surface area contributed by atoms with Crippen molar-refractivity contribution in [2.24, 2.45) is 0 Å². The fourth-order valence-corrected chi connectivity index (χ4v) is 2.69. The molecule has 108 valence electrons. The van der Waals surface area contributed by atoms with Gasteiger partial charge in [0, 0.05) is 6.04 Å². The summed E-state index contributed by atoms with van der Waals surface area (Å²) in [5, 5.41) is 3.43. The Balaban J connectivity index is 2.56. The van der Waals surface area contributed by atoms with E-state index in [1.807, 2.05) is 6.07 Å². The number of methoxy groups -OCH3 is 2. The predicted octanol–water partition coefficient (Wildman–Crippen LogP) is 3.79. The van der Waals surface area contributed by atoms with E-state index < -0.39 is 0 Å². The Bertz CT molecular complexity index is 394. The largest absolute Gasteiger partial charge is 0.495 e. The summed E-state index contributed by atoms with van der Waals surface area (Å²) in [5.41, 5.74) is 1.22. The molecule has 1 aromatic carbocycles. The highest BCUT2D eigenvalue weighted by atomic mass is 79.9. The van der Waals surface area contributed by atoms with Crippen LogP contribution >= 0.6 is 15.9 Å². The Morgan fingerprint density at radius 3 is 2.47 bits per heavy atom. The smallest absolute Gasteiger partial charge is 0.139 e. The number of unbranched alkanes of at least 4 members (excludes halogenated alkanes) is 1. The van der Waals surface area contributed by atoms with E-state index in [2.05, 4.69) is 41.2 Å². The van der Waals surface area contributed by atoms with Crippen LogP contribution in [0.5, 0.6) is 11.5 Å². The van der Waals surface area contributed by atoms with Gasteiger partial charge in [-0.05, 0) is 53.4 Å². The first-order valence-electron chi connectivity index (χ1n) is 6.72. The molecule has 0 radical (unpaired) electrons. The highest BCUT2D eigenvalue weighted by Crippen LogP contribution is 2.37. The molecular weight excluding hydrogens is 306 g/mol. The number of aryl methyl sites for hydroxylation is 1. The standard InChI is InChI=1S/C15H24BrNO2/c1-11(2)17-10-6-5-7-12-8-9-13(18-3)14(16)15(12)19-4/h8-9,11,17H,5-7,10H2,1-4H3. The molecule has 0 saturated heterocycles. The SMILES string of the molecule is COc1ccc(CCCCNC(C)C)c(OC)c1Br. The molecule has 0 saturated carbocycles. The second-order valence-electron chi connectivity index (χ2n) is 4.84. The molecule has 3 nitrogen and oxygen atoms in total. The van der Waals surface area contributed by atoms with Gasteiger partial charge in [-0.15, -0.1) is 0 Å². The predicted molar refractivity (Wildman–Crippen MR) is 83.3 cm³/mol. The lowest BCUT2D eigenvalue weighted by molar-refractivity contribution is 0.385. The number of hydrogen-bond acceptors (Lipinski definition) is 3. The van der Waals surface area contributed by atoms with E-state index in [1.54, 1.807) is 14.2 Å². The Morgan fingerprint density at radius 1 is 1.16 bits per heavy atom. The summed E-state index contributed by atoms with van der Waals surface area (Å²) in [6, 6.07) is 4.62. The van der Waals surface area contributed by atoms with Gasteiger partial charge in [0.25, 0.3) is 0 Å². The summed E-state index contributed by atoms with van der Waals surface area (Å²) in [6.07, 6.45) is 3.34. The Morgan fingerprint density at radius 2 is 1.89 bits per heavy atom. The van der Waals surface area contributed by atoms with E-state index in [4.69, 9.17) is 9.47 Å². The first-order chi connectivity index (χ1) is 9.10. The fourth-order valence-electron chi connectivity index (χ4n) is 1.98. The zero-order chi connectivity index (χ0) is 14.3. The third kappa shape index (κ3) is 5.03. The van der Waals surface area contributed by atoms with Crippen LogP contribution in [-0.2, 0) is 6.42 Å². The Hall–Kier alpha value is -0.740. The third-order valence-corrected chi connectivity index (χ3v) is 3.74. The average Bonchev–Trinajstić information content (AvgIpc) is 2.38. The molecule has 0 fully saturated rings. The number of benzene rings is 1. The lowest BCUT2D eigenvalue weighted by Gasteiger charge is -2.13. The molecule has 0 aliphatic heterocycles. The van der Waals surface area contributed by atoms with Crippen molar-refractivity contribution in [3.05, 3.63) is 22.2 Å². The van der Waals surface area contributed by atoms with Crippen LogP contribution in [0.4, 0.5) is 0 Å². The van der Waals surface area contributed by atoms with Gasteiger partial charge in [-0.3, -0.25) is 0 Å². The number of nitrogens with one attached hydrogen (secondary N) is 1. The molecule has 19 heavy (non-hydrogen) atoms. The molecule has 0 aliphatic rings. The number of rotatable bonds is 8. The molecule has 0 aromatic heterocycles. The van der Waals surface area contributed by atoms with Crippen molar-refractivity contribution in [1.29, 1.82) is 0 Å². The van der Waals surface area contributed by atoms with Crippen LogP contribution < -0.4 is 14.8 Å². The van der Waals surface area contributed by atoms with E-state index in [0.29, 0.717) is 6.04 Å². The molecule has 1 aromatic rings. The minimum absolute atomic E-state index is 0.560. The van der Waals surface area contributed by atoms with E-state index in [0.717, 1.165) is 35.4 Å². The summed E-state index contributed by atoms with van der Waals surface area (Å²) in [4.78, 5) is 0. The topological polar surface area (TPSA) is 30.5 Å². The van der Waals surface area contributed by atoms with Crippen LogP contribution in [0.3, 0.4) is 0 Å². The second kappa shape index (κ2) is 8.43. The van der Waals surface area contributed by atoms with Crippen LogP contribution in [0.15, 0.2) is 16.6 Å². The van der Waals surface area contributed by atoms with Crippen LogP contribution in [0, 0.1) is 0 Å². The number of halogens is 1. The van der Waals surface area contributed by atoms with Gasteiger partial charge in [-0.25, -0.2) is 0 Å². The van der Waals surface area contributed by atoms with Crippen molar-refractivity contribution in [3.8, 4) is 11.5 Å². The summed E-state index contributed by atoms with van der Waals surface area (Å²) < 4.78 is 11.6. The van der Waals surface area contributed by atoms with Crippen molar-refractivity contribution in [1.82, 2.24) is 5.32 Å². The maximum Gasteiger partial charge on any atom is 0.139 e. The van der Waals surface area contributed by atoms with Gasteiger partial charge in [0.1, 0.15) is 16.0 Å². The lowest BCUT2D eigenvalue weighted by atomic mass is 10.1. The van der Waals surface area contributed by atoms with Gasteiger partial charge in [0.2, 0.25) is 0 Å². The van der Waals surface area contributed by atoms with Gasteiger partial charge in [0.15, 0.2) is 0 Å². The maximum atomic E-state index is 5.47. The van der Waals surface area contributed by atoms with Gasteiger partial charge in [-0.1, -0.05) is 19.9 Å². The summed E-state index contributed by atoms with van der Waals surface area (Å²) in [6.45, 7) is 5.41. The van der Waals surface area contributed by atoms with Crippen molar-refractivity contribution < 1.29 is 9.47 Å². The number of hydrogen-bond donors (Lipinski definition) is 1. The molecule has 0 spiro atoms. The molecule has 0 amide bonds. The van der Waals surface area contributed by atoms with Gasteiger partial charge < -0.3 is 14.8 Å². The summed E-state index contributed by atoms with van der Waals surface area (Å²) in [7, 11) is 3.36. The van der Waals surface area contributed by atoms with Crippen molar-refractivity contribution in [3.63, 3.8) is 0 Å². The van der Waals surface area contributed by atoms with E-state index in [-0.39, 0.29) is 0 Å². The monoisotopic (exact) mass is 329 g/mol. The normalized spacial score (nSPS) is 10.8. The molecular formula is C15H24BrNO2. The molecule has 1 N–H and O–H groups in total. The van der Waals surface area contributed by atoms with E-state index >= 15 is 0 Å². The van der Waals surface area contributed by atoms with Gasteiger partial charge in [-0.2, -0.15) is 0 Å². The van der Waals surface area contributed by atoms with E-state index in [9.17, 15) is 0 Å². The van der Waals surface area contributed by atoms with Gasteiger partial charge >= 0.3 is 0 Å². The zero-order valence-electron chi connectivity index (χ0n) is 12.3. The molecule has 4 heteroatoms. The van der Waals surface area contributed by atoms with Crippen LogP contribution in [0.2, 0.25) is 0 Å². The van der Waals surface area contributed by atoms with Crippen molar-refractivity contribution >= 4 is 15.9 Å². The molecule has 0 atom stereocenters. The highest BCUT2D eigenvalue weighted by Gasteiger charge is 2.12. The van der Waals surface area contributed by atoms with Crippen LogP contribution in [0.25, 0.3) is 0 Å². The first-order valence-corrected chi connectivity index (χ1v) is 7.52. The fraction of sp³-hybridized carbons (Fsp3) is 0.600. The van der Waals surface area contributed by atoms with Crippen molar-refractivity contribution in [2.45, 2.75) is 39.2 Å². The van der Waals surface area contributed by atoms with Crippen LogP contribution in [0.1, 0.15) is 32.3 Å². The molecule has 0 heterocycles. The van der Waals surface area contributed by atoms with Gasteiger partial charge in [0.05, 0.1) is 14.2 Å². The second-order valence-corrected chi connectivity index (χ2v) is 5.63. The maximum absolute atomic E-state index is 5.47. The van der Waals surface area contributed by atoms with E-state index in [1.165, 1.54) is 12.0 Å². The van der Waals surface area contributed by atoms with Crippen LogP contribution in [-0.4, -0.2) is 26.8 Å². The minimum Gasteiger partial charge on any atom is -0.495 e. The first kappa shape index (κ1) is 16.3. The molecule has 0 bridgehead atoms. The molecule has 1 rings (SSSR count). The Labute approximate surface area is 124 Å². The van der Waals surface area contributed by atoms with Crippen molar-refractivity contribution in [2.75, 3.05) is 20.8 Å².